The van der Waals surface area contributed by atoms with Crippen LogP contribution in [0.2, 0.25) is 0 Å². The number of amides is 1. The first-order valence-corrected chi connectivity index (χ1v) is 5.73. The Morgan fingerprint density at radius 3 is 2.73 bits per heavy atom. The van der Waals surface area contributed by atoms with Gasteiger partial charge >= 0.3 is 0 Å². The molecule has 2 rings (SSSR count). The topological polar surface area (TPSA) is 41.1 Å². The Hall–Kier alpha value is -0.950. The zero-order valence-corrected chi connectivity index (χ0v) is 10.6. The van der Waals surface area contributed by atoms with Crippen molar-refractivity contribution in [1.82, 2.24) is 10.6 Å². The normalized spacial score (nSPS) is 17.8. The molecule has 1 aromatic carbocycles. The molecule has 0 aromatic heterocycles. The van der Waals surface area contributed by atoms with Gasteiger partial charge in [-0.15, -0.1) is 0 Å². The van der Waals surface area contributed by atoms with E-state index in [-0.39, 0.29) is 5.91 Å². The Morgan fingerprint density at radius 2 is 2.13 bits per heavy atom. The molecular weight excluding hydrogens is 323 g/mol. The summed E-state index contributed by atoms with van der Waals surface area (Å²) >= 11 is 7.06. The molecule has 1 heterocycles. The zero-order valence-electron chi connectivity index (χ0n) is 7.58. The van der Waals surface area contributed by atoms with Crippen LogP contribution in [0.15, 0.2) is 30.0 Å². The SMILES string of the molecule is O=C1NC(=S)N/C1=C/c1cccc(I)c1. The van der Waals surface area contributed by atoms with E-state index in [0.717, 1.165) is 9.13 Å². The molecule has 1 aliphatic heterocycles. The number of halogens is 1. The van der Waals surface area contributed by atoms with Gasteiger partial charge in [0.25, 0.3) is 5.91 Å². The lowest BCUT2D eigenvalue weighted by Crippen LogP contribution is -2.21. The van der Waals surface area contributed by atoms with Crippen LogP contribution in [0.4, 0.5) is 0 Å². The number of rotatable bonds is 1. The van der Waals surface area contributed by atoms with Crippen LogP contribution in [0, 0.1) is 3.57 Å². The van der Waals surface area contributed by atoms with E-state index >= 15 is 0 Å². The van der Waals surface area contributed by atoms with Crippen LogP contribution in [0.3, 0.4) is 0 Å². The van der Waals surface area contributed by atoms with E-state index in [0.29, 0.717) is 10.8 Å². The van der Waals surface area contributed by atoms with Crippen LogP contribution < -0.4 is 10.6 Å². The second kappa shape index (κ2) is 4.28. The number of benzene rings is 1. The number of hydrogen-bond donors (Lipinski definition) is 2. The molecule has 0 radical (unpaired) electrons. The second-order valence-electron chi connectivity index (χ2n) is 3.02. The van der Waals surface area contributed by atoms with E-state index in [2.05, 4.69) is 33.2 Å². The molecule has 5 heteroatoms. The van der Waals surface area contributed by atoms with Gasteiger partial charge in [0.05, 0.1) is 0 Å². The monoisotopic (exact) mass is 330 g/mol. The van der Waals surface area contributed by atoms with Crippen molar-refractivity contribution < 1.29 is 4.79 Å². The third-order valence-electron chi connectivity index (χ3n) is 1.88. The smallest absolute Gasteiger partial charge is 0.273 e. The summed E-state index contributed by atoms with van der Waals surface area (Å²) in [6.45, 7) is 0. The minimum atomic E-state index is -0.182. The van der Waals surface area contributed by atoms with Gasteiger partial charge in [0.2, 0.25) is 0 Å². The number of nitrogens with one attached hydrogen (secondary N) is 2. The summed E-state index contributed by atoms with van der Waals surface area (Å²) in [5.41, 5.74) is 1.46. The molecule has 0 aliphatic carbocycles. The standard InChI is InChI=1S/C10H7IN2OS/c11-7-3-1-2-6(4-7)5-8-9(14)13-10(15)12-8/h1-5H,(H2,12,13,14,15)/b8-5+. The molecule has 1 fully saturated rings. The molecule has 1 saturated heterocycles. The van der Waals surface area contributed by atoms with E-state index in [4.69, 9.17) is 12.2 Å². The lowest BCUT2D eigenvalue weighted by molar-refractivity contribution is -0.115. The third kappa shape index (κ3) is 2.54. The van der Waals surface area contributed by atoms with Crippen LogP contribution in [0.25, 0.3) is 6.08 Å². The maximum absolute atomic E-state index is 11.3. The highest BCUT2D eigenvalue weighted by molar-refractivity contribution is 14.1. The van der Waals surface area contributed by atoms with E-state index in [1.807, 2.05) is 24.3 Å². The molecular formula is C10H7IN2OS. The number of hydrogen-bond acceptors (Lipinski definition) is 2. The minimum absolute atomic E-state index is 0.182. The number of thiocarbonyl (C=S) groups is 1. The van der Waals surface area contributed by atoms with Crippen molar-refractivity contribution in [1.29, 1.82) is 0 Å². The van der Waals surface area contributed by atoms with E-state index in [1.165, 1.54) is 0 Å². The van der Waals surface area contributed by atoms with Gasteiger partial charge < -0.3 is 5.32 Å². The van der Waals surface area contributed by atoms with Gasteiger partial charge in [-0.1, -0.05) is 12.1 Å². The first-order chi connectivity index (χ1) is 7.15. The highest BCUT2D eigenvalue weighted by Crippen LogP contribution is 2.12. The van der Waals surface area contributed by atoms with Crippen molar-refractivity contribution in [2.45, 2.75) is 0 Å². The number of carbonyl (C=O) groups excluding carboxylic acids is 1. The van der Waals surface area contributed by atoms with Crippen molar-refractivity contribution in [3.63, 3.8) is 0 Å². The van der Waals surface area contributed by atoms with Crippen LogP contribution in [-0.4, -0.2) is 11.0 Å². The summed E-state index contributed by atoms with van der Waals surface area (Å²) in [5, 5.41) is 5.67. The maximum Gasteiger partial charge on any atom is 0.273 e. The predicted octanol–water partition coefficient (Wildman–Crippen LogP) is 1.64. The highest BCUT2D eigenvalue weighted by Gasteiger charge is 2.19. The van der Waals surface area contributed by atoms with Crippen LogP contribution >= 0.6 is 34.8 Å². The van der Waals surface area contributed by atoms with Gasteiger partial charge in [-0.25, -0.2) is 0 Å². The minimum Gasteiger partial charge on any atom is -0.328 e. The van der Waals surface area contributed by atoms with Gasteiger partial charge in [-0.05, 0) is 58.6 Å². The van der Waals surface area contributed by atoms with Crippen molar-refractivity contribution >= 4 is 51.9 Å². The lowest BCUT2D eigenvalue weighted by atomic mass is 10.2. The van der Waals surface area contributed by atoms with Crippen LogP contribution in [0.5, 0.6) is 0 Å². The molecule has 0 atom stereocenters. The second-order valence-corrected chi connectivity index (χ2v) is 4.68. The molecule has 76 valence electrons. The molecule has 1 aromatic rings. The Bertz CT molecular complexity index is 470. The van der Waals surface area contributed by atoms with Gasteiger partial charge in [-0.2, -0.15) is 0 Å². The molecule has 3 nitrogen and oxygen atoms in total. The predicted molar refractivity (Wildman–Crippen MR) is 71.0 cm³/mol. The third-order valence-corrected chi connectivity index (χ3v) is 2.75. The van der Waals surface area contributed by atoms with Gasteiger partial charge in [0.15, 0.2) is 5.11 Å². The first kappa shape index (κ1) is 10.6. The highest BCUT2D eigenvalue weighted by atomic mass is 127. The number of carbonyl (C=O) groups is 1. The molecule has 15 heavy (non-hydrogen) atoms. The fourth-order valence-corrected chi connectivity index (χ4v) is 2.02. The fourth-order valence-electron chi connectivity index (χ4n) is 1.25. The molecule has 1 amide bonds. The van der Waals surface area contributed by atoms with Crippen LogP contribution in [-0.2, 0) is 4.79 Å². The summed E-state index contributed by atoms with van der Waals surface area (Å²) in [4.78, 5) is 11.3. The van der Waals surface area contributed by atoms with Crippen molar-refractivity contribution in [3.8, 4) is 0 Å². The lowest BCUT2D eigenvalue weighted by Gasteiger charge is -1.97. The molecule has 0 unspecified atom stereocenters. The fraction of sp³-hybridized carbons (Fsp3) is 0. The van der Waals surface area contributed by atoms with Gasteiger partial charge in [-0.3, -0.25) is 10.1 Å². The average molecular weight is 330 g/mol. The van der Waals surface area contributed by atoms with Crippen molar-refractivity contribution in [2.24, 2.45) is 0 Å². The Labute approximate surface area is 106 Å². The Balaban J connectivity index is 2.31. The Morgan fingerprint density at radius 1 is 1.33 bits per heavy atom. The summed E-state index contributed by atoms with van der Waals surface area (Å²) in [6.07, 6.45) is 1.77. The summed E-state index contributed by atoms with van der Waals surface area (Å²) in [6, 6.07) is 7.87. The van der Waals surface area contributed by atoms with E-state index in [9.17, 15) is 4.79 Å². The molecule has 0 bridgehead atoms. The molecule has 1 aliphatic rings. The largest absolute Gasteiger partial charge is 0.328 e. The summed E-state index contributed by atoms with van der Waals surface area (Å²) in [7, 11) is 0. The molecule has 0 spiro atoms. The molecule has 0 saturated carbocycles. The Kier molecular flexibility index (Phi) is 3.01. The van der Waals surface area contributed by atoms with Crippen LogP contribution in [0.1, 0.15) is 5.56 Å². The van der Waals surface area contributed by atoms with Gasteiger partial charge in [0.1, 0.15) is 5.70 Å². The van der Waals surface area contributed by atoms with Crippen molar-refractivity contribution in [2.75, 3.05) is 0 Å². The maximum atomic E-state index is 11.3. The average Bonchev–Trinajstić information content (AvgIpc) is 2.45. The quantitative estimate of drug-likeness (QED) is 0.467. The van der Waals surface area contributed by atoms with E-state index in [1.54, 1.807) is 6.08 Å². The molecule has 2 N–H and O–H groups in total. The summed E-state index contributed by atoms with van der Waals surface area (Å²) < 4.78 is 1.13. The zero-order chi connectivity index (χ0) is 10.8. The van der Waals surface area contributed by atoms with E-state index < -0.39 is 0 Å². The van der Waals surface area contributed by atoms with Gasteiger partial charge in [0, 0.05) is 3.57 Å². The first-order valence-electron chi connectivity index (χ1n) is 4.25. The van der Waals surface area contributed by atoms with Crippen molar-refractivity contribution in [3.05, 3.63) is 39.1 Å². The summed E-state index contributed by atoms with van der Waals surface area (Å²) in [5.74, 6) is -0.182.